The van der Waals surface area contributed by atoms with E-state index in [4.69, 9.17) is 0 Å². The Labute approximate surface area is 96.9 Å². The third-order valence-electron chi connectivity index (χ3n) is 3.75. The van der Waals surface area contributed by atoms with Crippen LogP contribution in [0.4, 0.5) is 5.82 Å². The normalized spacial score (nSPS) is 29.2. The lowest BCUT2D eigenvalue weighted by atomic mass is 10.1. The smallest absolute Gasteiger partial charge is 0.128 e. The first kappa shape index (κ1) is 10.1. The molecule has 1 aromatic rings. The fourth-order valence-electron chi connectivity index (χ4n) is 2.84. The van der Waals surface area contributed by atoms with Crippen molar-refractivity contribution in [2.24, 2.45) is 0 Å². The van der Waals surface area contributed by atoms with Crippen molar-refractivity contribution in [2.45, 2.75) is 38.3 Å². The van der Waals surface area contributed by atoms with Gasteiger partial charge in [-0.1, -0.05) is 0 Å². The maximum atomic E-state index is 4.49. The van der Waals surface area contributed by atoms with E-state index in [0.29, 0.717) is 6.04 Å². The molecule has 2 aliphatic heterocycles. The lowest BCUT2D eigenvalue weighted by Gasteiger charge is -2.25. The van der Waals surface area contributed by atoms with Gasteiger partial charge in [0.25, 0.3) is 0 Å². The van der Waals surface area contributed by atoms with Gasteiger partial charge in [-0.3, -0.25) is 0 Å². The molecule has 2 fully saturated rings. The van der Waals surface area contributed by atoms with Crippen LogP contribution in [0.15, 0.2) is 18.3 Å². The second-order valence-electron chi connectivity index (χ2n) is 5.06. The van der Waals surface area contributed by atoms with Crippen LogP contribution in [0.1, 0.15) is 24.8 Å². The summed E-state index contributed by atoms with van der Waals surface area (Å²) in [5.74, 6) is 1.15. The number of aryl methyl sites for hydroxylation is 1. The van der Waals surface area contributed by atoms with E-state index in [9.17, 15) is 0 Å². The van der Waals surface area contributed by atoms with Crippen LogP contribution in [0.3, 0.4) is 0 Å². The SMILES string of the molecule is Cc1ccnc(N2CCC3CCC(C2)N3)c1. The molecule has 3 nitrogen and oxygen atoms in total. The molecule has 3 heterocycles. The van der Waals surface area contributed by atoms with Crippen molar-refractivity contribution in [1.82, 2.24) is 10.3 Å². The Morgan fingerprint density at radius 3 is 3.06 bits per heavy atom. The Balaban J connectivity index is 1.79. The predicted molar refractivity (Wildman–Crippen MR) is 65.7 cm³/mol. The summed E-state index contributed by atoms with van der Waals surface area (Å²) in [7, 11) is 0. The molecule has 0 amide bonds. The van der Waals surface area contributed by atoms with Crippen molar-refractivity contribution in [3.05, 3.63) is 23.9 Å². The summed E-state index contributed by atoms with van der Waals surface area (Å²) in [4.78, 5) is 6.92. The third kappa shape index (κ3) is 1.92. The molecular formula is C13H19N3. The maximum absolute atomic E-state index is 4.49. The second kappa shape index (κ2) is 4.06. The molecule has 1 N–H and O–H groups in total. The molecule has 2 unspecified atom stereocenters. The van der Waals surface area contributed by atoms with Gasteiger partial charge in [0.1, 0.15) is 5.82 Å². The number of nitrogens with zero attached hydrogens (tertiary/aromatic N) is 2. The highest BCUT2D eigenvalue weighted by molar-refractivity contribution is 5.41. The number of hydrogen-bond donors (Lipinski definition) is 1. The van der Waals surface area contributed by atoms with E-state index in [0.717, 1.165) is 24.9 Å². The summed E-state index contributed by atoms with van der Waals surface area (Å²) < 4.78 is 0. The van der Waals surface area contributed by atoms with Crippen molar-refractivity contribution in [1.29, 1.82) is 0 Å². The summed E-state index contributed by atoms with van der Waals surface area (Å²) in [5, 5.41) is 3.70. The second-order valence-corrected chi connectivity index (χ2v) is 5.06. The van der Waals surface area contributed by atoms with Crippen molar-refractivity contribution in [2.75, 3.05) is 18.0 Å². The summed E-state index contributed by atoms with van der Waals surface area (Å²) in [5.41, 5.74) is 1.30. The standard InChI is InChI=1S/C13H19N3/c1-10-4-6-14-13(8-10)16-7-5-11-2-3-12(9-16)15-11/h4,6,8,11-12,15H,2-3,5,7,9H2,1H3. The van der Waals surface area contributed by atoms with Gasteiger partial charge in [-0.25, -0.2) is 4.98 Å². The van der Waals surface area contributed by atoms with Crippen LogP contribution in [0.5, 0.6) is 0 Å². The van der Waals surface area contributed by atoms with Gasteiger partial charge in [0, 0.05) is 31.4 Å². The summed E-state index contributed by atoms with van der Waals surface area (Å²) in [6.07, 6.45) is 5.86. The first-order valence-electron chi connectivity index (χ1n) is 6.25. The van der Waals surface area contributed by atoms with Gasteiger partial charge in [0.05, 0.1) is 0 Å². The van der Waals surface area contributed by atoms with E-state index in [2.05, 4.69) is 34.3 Å². The van der Waals surface area contributed by atoms with E-state index in [1.54, 1.807) is 0 Å². The Morgan fingerprint density at radius 1 is 1.31 bits per heavy atom. The van der Waals surface area contributed by atoms with Crippen LogP contribution < -0.4 is 10.2 Å². The molecule has 0 spiro atoms. The minimum atomic E-state index is 0.676. The number of nitrogens with one attached hydrogen (secondary N) is 1. The van der Waals surface area contributed by atoms with Crippen LogP contribution in [0, 0.1) is 6.92 Å². The number of rotatable bonds is 1. The average Bonchev–Trinajstić information content (AvgIpc) is 2.58. The predicted octanol–water partition coefficient (Wildman–Crippen LogP) is 1.72. The number of anilines is 1. The molecule has 2 aliphatic rings. The van der Waals surface area contributed by atoms with Crippen molar-refractivity contribution >= 4 is 5.82 Å². The zero-order chi connectivity index (χ0) is 11.0. The van der Waals surface area contributed by atoms with Gasteiger partial charge < -0.3 is 10.2 Å². The van der Waals surface area contributed by atoms with E-state index < -0.39 is 0 Å². The highest BCUT2D eigenvalue weighted by Crippen LogP contribution is 2.23. The van der Waals surface area contributed by atoms with E-state index in [-0.39, 0.29) is 0 Å². The number of hydrogen-bond acceptors (Lipinski definition) is 3. The molecule has 3 rings (SSSR count). The van der Waals surface area contributed by atoms with Gasteiger partial charge >= 0.3 is 0 Å². The van der Waals surface area contributed by atoms with E-state index in [1.807, 2.05) is 6.20 Å². The minimum absolute atomic E-state index is 0.676. The van der Waals surface area contributed by atoms with Gasteiger partial charge in [-0.2, -0.15) is 0 Å². The maximum Gasteiger partial charge on any atom is 0.128 e. The largest absolute Gasteiger partial charge is 0.355 e. The fourth-order valence-corrected chi connectivity index (χ4v) is 2.84. The topological polar surface area (TPSA) is 28.2 Å². The van der Waals surface area contributed by atoms with Crippen LogP contribution in [-0.2, 0) is 0 Å². The molecule has 2 atom stereocenters. The average molecular weight is 217 g/mol. The van der Waals surface area contributed by atoms with Crippen molar-refractivity contribution in [3.8, 4) is 0 Å². The zero-order valence-electron chi connectivity index (χ0n) is 9.82. The molecule has 0 radical (unpaired) electrons. The minimum Gasteiger partial charge on any atom is -0.355 e. The lowest BCUT2D eigenvalue weighted by molar-refractivity contribution is 0.563. The summed E-state index contributed by atoms with van der Waals surface area (Å²) >= 11 is 0. The molecule has 2 saturated heterocycles. The highest BCUT2D eigenvalue weighted by atomic mass is 15.2. The fraction of sp³-hybridized carbons (Fsp3) is 0.615. The van der Waals surface area contributed by atoms with Crippen LogP contribution in [0.2, 0.25) is 0 Å². The molecule has 2 bridgehead atoms. The number of fused-ring (bicyclic) bond motifs is 2. The molecule has 3 heteroatoms. The van der Waals surface area contributed by atoms with E-state index >= 15 is 0 Å². The number of aromatic nitrogens is 1. The van der Waals surface area contributed by atoms with Crippen molar-refractivity contribution in [3.63, 3.8) is 0 Å². The number of pyridine rings is 1. The monoisotopic (exact) mass is 217 g/mol. The Bertz CT molecular complexity index is 377. The first-order chi connectivity index (χ1) is 7.81. The lowest BCUT2D eigenvalue weighted by Crippen LogP contribution is -2.35. The Hall–Kier alpha value is -1.09. The van der Waals surface area contributed by atoms with Gasteiger partial charge in [0.2, 0.25) is 0 Å². The van der Waals surface area contributed by atoms with Gasteiger partial charge in [-0.15, -0.1) is 0 Å². The van der Waals surface area contributed by atoms with Gasteiger partial charge in [-0.05, 0) is 43.9 Å². The zero-order valence-corrected chi connectivity index (χ0v) is 9.82. The first-order valence-corrected chi connectivity index (χ1v) is 6.25. The van der Waals surface area contributed by atoms with Crippen LogP contribution >= 0.6 is 0 Å². The molecule has 86 valence electrons. The molecular weight excluding hydrogens is 198 g/mol. The Kier molecular flexibility index (Phi) is 2.56. The molecule has 16 heavy (non-hydrogen) atoms. The molecule has 1 aromatic heterocycles. The van der Waals surface area contributed by atoms with E-state index in [1.165, 1.54) is 24.8 Å². The Morgan fingerprint density at radius 2 is 2.19 bits per heavy atom. The molecule has 0 aliphatic carbocycles. The third-order valence-corrected chi connectivity index (χ3v) is 3.75. The highest BCUT2D eigenvalue weighted by Gasteiger charge is 2.29. The molecule has 0 aromatic carbocycles. The van der Waals surface area contributed by atoms with Gasteiger partial charge in [0.15, 0.2) is 0 Å². The van der Waals surface area contributed by atoms with Crippen LogP contribution in [0.25, 0.3) is 0 Å². The molecule has 0 saturated carbocycles. The van der Waals surface area contributed by atoms with Crippen molar-refractivity contribution < 1.29 is 0 Å². The van der Waals surface area contributed by atoms with Crippen LogP contribution in [-0.4, -0.2) is 30.2 Å². The summed E-state index contributed by atoms with van der Waals surface area (Å²) in [6.45, 7) is 4.39. The quantitative estimate of drug-likeness (QED) is 0.776. The summed E-state index contributed by atoms with van der Waals surface area (Å²) in [6, 6.07) is 5.68.